The van der Waals surface area contributed by atoms with Gasteiger partial charge in [0.05, 0.1) is 6.61 Å². The summed E-state index contributed by atoms with van der Waals surface area (Å²) in [7, 11) is 0. The van der Waals surface area contributed by atoms with E-state index in [1.54, 1.807) is 0 Å². The topological polar surface area (TPSA) is 18.5 Å². The van der Waals surface area contributed by atoms with Gasteiger partial charge in [-0.3, -0.25) is 0 Å². The zero-order valence-corrected chi connectivity index (χ0v) is 15.9. The number of rotatable bonds is 14. The largest absolute Gasteiger partial charge is 0.494 e. The molecule has 0 unspecified atom stereocenters. The van der Waals surface area contributed by atoms with Crippen LogP contribution in [0.3, 0.4) is 0 Å². The van der Waals surface area contributed by atoms with Crippen LogP contribution in [0.4, 0.5) is 0 Å². The lowest BCUT2D eigenvalue weighted by Crippen LogP contribution is -1.98. The standard InChI is InChI=1S/C24H32O2/c1-2-3-4-5-6-7-8-9-13-20-25-23-16-18-24(19-17-23)26-21-22-14-11-10-12-15-22/h2,10-12,14-19H,1,3-9,13,20-21H2. The van der Waals surface area contributed by atoms with Crippen molar-refractivity contribution in [2.45, 2.75) is 58.0 Å². The van der Waals surface area contributed by atoms with Crippen molar-refractivity contribution in [3.63, 3.8) is 0 Å². The molecule has 26 heavy (non-hydrogen) atoms. The number of unbranched alkanes of at least 4 members (excludes halogenated alkanes) is 7. The number of hydrogen-bond donors (Lipinski definition) is 0. The molecule has 0 aliphatic carbocycles. The van der Waals surface area contributed by atoms with E-state index in [1.807, 2.05) is 48.5 Å². The maximum atomic E-state index is 5.82. The third-order valence-electron chi connectivity index (χ3n) is 4.39. The molecule has 0 aliphatic rings. The lowest BCUT2D eigenvalue weighted by molar-refractivity contribution is 0.296. The van der Waals surface area contributed by atoms with Crippen LogP contribution in [0.2, 0.25) is 0 Å². The average Bonchev–Trinajstić information content (AvgIpc) is 2.69. The van der Waals surface area contributed by atoms with Gasteiger partial charge in [-0.05, 0) is 49.1 Å². The van der Waals surface area contributed by atoms with Gasteiger partial charge in [-0.1, -0.05) is 68.5 Å². The van der Waals surface area contributed by atoms with E-state index in [4.69, 9.17) is 9.47 Å². The summed E-state index contributed by atoms with van der Waals surface area (Å²) in [6.45, 7) is 5.14. The Morgan fingerprint density at radius 2 is 1.23 bits per heavy atom. The minimum absolute atomic E-state index is 0.592. The first-order chi connectivity index (χ1) is 12.9. The molecule has 0 atom stereocenters. The zero-order chi connectivity index (χ0) is 18.3. The van der Waals surface area contributed by atoms with Gasteiger partial charge in [0.25, 0.3) is 0 Å². The Morgan fingerprint density at radius 1 is 0.654 bits per heavy atom. The van der Waals surface area contributed by atoms with Crippen molar-refractivity contribution < 1.29 is 9.47 Å². The first-order valence-electron chi connectivity index (χ1n) is 9.89. The van der Waals surface area contributed by atoms with Crippen LogP contribution in [0.25, 0.3) is 0 Å². The summed E-state index contributed by atoms with van der Waals surface area (Å²) in [6, 6.07) is 18.1. The molecule has 2 rings (SSSR count). The van der Waals surface area contributed by atoms with Crippen LogP contribution in [-0.2, 0) is 6.61 Å². The molecule has 0 saturated carbocycles. The van der Waals surface area contributed by atoms with Crippen LogP contribution in [0.1, 0.15) is 56.9 Å². The van der Waals surface area contributed by atoms with Gasteiger partial charge in [-0.15, -0.1) is 6.58 Å². The first kappa shape index (κ1) is 20.1. The van der Waals surface area contributed by atoms with Crippen molar-refractivity contribution in [1.29, 1.82) is 0 Å². The third-order valence-corrected chi connectivity index (χ3v) is 4.39. The number of ether oxygens (including phenoxy) is 2. The van der Waals surface area contributed by atoms with Crippen LogP contribution in [0.15, 0.2) is 67.3 Å². The molecule has 2 nitrogen and oxygen atoms in total. The molecule has 2 aromatic rings. The predicted molar refractivity (Wildman–Crippen MR) is 110 cm³/mol. The van der Waals surface area contributed by atoms with E-state index in [0.717, 1.165) is 30.9 Å². The number of hydrogen-bond acceptors (Lipinski definition) is 2. The molecule has 0 heterocycles. The van der Waals surface area contributed by atoms with Crippen LogP contribution in [0.5, 0.6) is 11.5 Å². The number of allylic oxidation sites excluding steroid dienone is 1. The molecule has 0 amide bonds. The van der Waals surface area contributed by atoms with E-state index >= 15 is 0 Å². The Morgan fingerprint density at radius 3 is 1.88 bits per heavy atom. The fraction of sp³-hybridized carbons (Fsp3) is 0.417. The van der Waals surface area contributed by atoms with Crippen molar-refractivity contribution in [3.05, 3.63) is 72.8 Å². The number of benzene rings is 2. The van der Waals surface area contributed by atoms with Crippen molar-refractivity contribution in [1.82, 2.24) is 0 Å². The highest BCUT2D eigenvalue weighted by Gasteiger charge is 1.98. The summed E-state index contributed by atoms with van der Waals surface area (Å²) >= 11 is 0. The predicted octanol–water partition coefficient (Wildman–Crippen LogP) is 6.95. The van der Waals surface area contributed by atoms with E-state index in [0.29, 0.717) is 6.61 Å². The summed E-state index contributed by atoms with van der Waals surface area (Å²) in [4.78, 5) is 0. The van der Waals surface area contributed by atoms with Gasteiger partial charge in [0.2, 0.25) is 0 Å². The van der Waals surface area contributed by atoms with Gasteiger partial charge in [-0.2, -0.15) is 0 Å². The fourth-order valence-corrected chi connectivity index (χ4v) is 2.84. The first-order valence-corrected chi connectivity index (χ1v) is 9.89. The summed E-state index contributed by atoms with van der Waals surface area (Å²) in [6.07, 6.45) is 12.2. The minimum Gasteiger partial charge on any atom is -0.494 e. The average molecular weight is 353 g/mol. The summed E-state index contributed by atoms with van der Waals surface area (Å²) in [5.74, 6) is 1.79. The van der Waals surface area contributed by atoms with E-state index in [-0.39, 0.29) is 0 Å². The van der Waals surface area contributed by atoms with Crippen molar-refractivity contribution in [2.75, 3.05) is 6.61 Å². The molecular formula is C24H32O2. The van der Waals surface area contributed by atoms with Gasteiger partial charge in [-0.25, -0.2) is 0 Å². The van der Waals surface area contributed by atoms with E-state index < -0.39 is 0 Å². The normalized spacial score (nSPS) is 10.5. The Bertz CT molecular complexity index is 589. The molecule has 0 spiro atoms. The smallest absolute Gasteiger partial charge is 0.120 e. The Labute approximate surface area is 158 Å². The molecular weight excluding hydrogens is 320 g/mol. The van der Waals surface area contributed by atoms with Gasteiger partial charge in [0.15, 0.2) is 0 Å². The third kappa shape index (κ3) is 8.75. The van der Waals surface area contributed by atoms with Crippen molar-refractivity contribution in [2.24, 2.45) is 0 Å². The highest BCUT2D eigenvalue weighted by molar-refractivity contribution is 5.31. The Balaban J connectivity index is 1.51. The second-order valence-corrected chi connectivity index (χ2v) is 6.65. The van der Waals surface area contributed by atoms with Crippen molar-refractivity contribution >= 4 is 0 Å². The second-order valence-electron chi connectivity index (χ2n) is 6.65. The molecule has 0 aromatic heterocycles. The van der Waals surface area contributed by atoms with Gasteiger partial charge >= 0.3 is 0 Å². The van der Waals surface area contributed by atoms with Crippen LogP contribution in [-0.4, -0.2) is 6.61 Å². The van der Waals surface area contributed by atoms with Crippen LogP contribution < -0.4 is 9.47 Å². The summed E-state index contributed by atoms with van der Waals surface area (Å²) in [5.41, 5.74) is 1.17. The molecule has 0 bridgehead atoms. The minimum atomic E-state index is 0.592. The lowest BCUT2D eigenvalue weighted by Gasteiger charge is -2.09. The molecule has 2 heteroatoms. The van der Waals surface area contributed by atoms with Crippen LogP contribution >= 0.6 is 0 Å². The lowest BCUT2D eigenvalue weighted by atomic mass is 10.1. The summed E-state index contributed by atoms with van der Waals surface area (Å²) in [5, 5.41) is 0. The van der Waals surface area contributed by atoms with Gasteiger partial charge in [0.1, 0.15) is 18.1 Å². The maximum Gasteiger partial charge on any atom is 0.120 e. The van der Waals surface area contributed by atoms with Crippen LogP contribution in [0, 0.1) is 0 Å². The SMILES string of the molecule is C=CCCCCCCCCCOc1ccc(OCc2ccccc2)cc1. The molecule has 0 aliphatic heterocycles. The van der Waals surface area contributed by atoms with E-state index in [9.17, 15) is 0 Å². The zero-order valence-electron chi connectivity index (χ0n) is 15.9. The van der Waals surface area contributed by atoms with E-state index in [1.165, 1.54) is 44.1 Å². The maximum absolute atomic E-state index is 5.82. The molecule has 0 radical (unpaired) electrons. The van der Waals surface area contributed by atoms with Gasteiger partial charge < -0.3 is 9.47 Å². The Kier molecular flexibility index (Phi) is 10.1. The fourth-order valence-electron chi connectivity index (χ4n) is 2.84. The monoisotopic (exact) mass is 352 g/mol. The van der Waals surface area contributed by atoms with E-state index in [2.05, 4.69) is 18.7 Å². The molecule has 140 valence electrons. The molecule has 0 N–H and O–H groups in total. The quantitative estimate of drug-likeness (QED) is 0.270. The molecule has 2 aromatic carbocycles. The summed E-state index contributed by atoms with van der Waals surface area (Å²) < 4.78 is 11.6. The molecule has 0 saturated heterocycles. The highest BCUT2D eigenvalue weighted by atomic mass is 16.5. The van der Waals surface area contributed by atoms with Crippen molar-refractivity contribution in [3.8, 4) is 11.5 Å². The van der Waals surface area contributed by atoms with Gasteiger partial charge in [0, 0.05) is 0 Å². The Hall–Kier alpha value is -2.22. The highest BCUT2D eigenvalue weighted by Crippen LogP contribution is 2.19. The molecule has 0 fully saturated rings. The second kappa shape index (κ2) is 13.0.